The number of Topliss-reactive ketones (excluding diaryl/α,β-unsaturated/α-hetero) is 1. The molecule has 7 heteroatoms. The van der Waals surface area contributed by atoms with Crippen LogP contribution in [0.5, 0.6) is 0 Å². The number of hydrogen-bond donors (Lipinski definition) is 2. The minimum absolute atomic E-state index is 0.00436. The van der Waals surface area contributed by atoms with Crippen molar-refractivity contribution in [3.63, 3.8) is 0 Å². The summed E-state index contributed by atoms with van der Waals surface area (Å²) in [4.78, 5) is 25.9. The molecule has 0 unspecified atom stereocenters. The van der Waals surface area contributed by atoms with E-state index in [0.717, 1.165) is 0 Å². The van der Waals surface area contributed by atoms with E-state index in [1.807, 2.05) is 18.2 Å². The predicted molar refractivity (Wildman–Crippen MR) is 121 cm³/mol. The summed E-state index contributed by atoms with van der Waals surface area (Å²) in [5.41, 5.74) is 5.28. The fourth-order valence-electron chi connectivity index (χ4n) is 3.01. The van der Waals surface area contributed by atoms with Crippen LogP contribution in [0.2, 0.25) is 10.0 Å². The SMILES string of the molecule is O=C(Nc1ccccc1)C1=Cc2ccccc2/C(=N\Nc2cc(Cl)ccc2Cl)C1=O. The molecule has 4 rings (SSSR count). The number of carbonyl (C=O) groups excluding carboxylic acids is 2. The van der Waals surface area contributed by atoms with Gasteiger partial charge in [0.2, 0.25) is 5.78 Å². The maximum Gasteiger partial charge on any atom is 0.259 e. The Bertz CT molecular complexity index is 1200. The molecule has 0 saturated carbocycles. The zero-order valence-corrected chi connectivity index (χ0v) is 17.0. The molecule has 0 bridgehead atoms. The lowest BCUT2D eigenvalue weighted by Gasteiger charge is -2.17. The van der Waals surface area contributed by atoms with Gasteiger partial charge in [0, 0.05) is 16.3 Å². The van der Waals surface area contributed by atoms with Crippen LogP contribution in [-0.4, -0.2) is 17.4 Å². The number of rotatable bonds is 4. The van der Waals surface area contributed by atoms with E-state index < -0.39 is 11.7 Å². The summed E-state index contributed by atoms with van der Waals surface area (Å²) < 4.78 is 0. The van der Waals surface area contributed by atoms with E-state index in [-0.39, 0.29) is 11.3 Å². The lowest BCUT2D eigenvalue weighted by atomic mass is 9.89. The van der Waals surface area contributed by atoms with Crippen molar-refractivity contribution in [1.29, 1.82) is 0 Å². The molecule has 3 aromatic carbocycles. The molecule has 0 aliphatic heterocycles. The molecular formula is C23H15Cl2N3O2. The molecule has 1 aliphatic rings. The highest BCUT2D eigenvalue weighted by Gasteiger charge is 2.30. The third-order valence-corrected chi connectivity index (χ3v) is 5.03. The average molecular weight is 436 g/mol. The van der Waals surface area contributed by atoms with E-state index in [1.165, 1.54) is 0 Å². The number of nitrogens with zero attached hydrogens (tertiary/aromatic N) is 1. The predicted octanol–water partition coefficient (Wildman–Crippen LogP) is 5.41. The Hall–Kier alpha value is -3.41. The summed E-state index contributed by atoms with van der Waals surface area (Å²) >= 11 is 12.2. The van der Waals surface area contributed by atoms with Gasteiger partial charge in [-0.3, -0.25) is 15.0 Å². The molecule has 1 aliphatic carbocycles. The number of amides is 1. The summed E-state index contributed by atoms with van der Waals surface area (Å²) in [7, 11) is 0. The zero-order chi connectivity index (χ0) is 21.1. The number of carbonyl (C=O) groups is 2. The van der Waals surface area contributed by atoms with Crippen LogP contribution in [0.3, 0.4) is 0 Å². The maximum absolute atomic E-state index is 13.1. The van der Waals surface area contributed by atoms with Gasteiger partial charge < -0.3 is 5.32 Å². The summed E-state index contributed by atoms with van der Waals surface area (Å²) in [5.74, 6) is -0.998. The second kappa shape index (κ2) is 8.53. The fraction of sp³-hybridized carbons (Fsp3) is 0. The highest BCUT2D eigenvalue weighted by atomic mass is 35.5. The van der Waals surface area contributed by atoms with Crippen molar-refractivity contribution in [1.82, 2.24) is 0 Å². The van der Waals surface area contributed by atoms with Crippen LogP contribution < -0.4 is 10.7 Å². The number of ketones is 1. The van der Waals surface area contributed by atoms with Gasteiger partial charge >= 0.3 is 0 Å². The van der Waals surface area contributed by atoms with E-state index >= 15 is 0 Å². The van der Waals surface area contributed by atoms with Crippen LogP contribution in [0.15, 0.2) is 83.5 Å². The van der Waals surface area contributed by atoms with Crippen molar-refractivity contribution in [2.24, 2.45) is 5.10 Å². The third kappa shape index (κ3) is 4.13. The molecular weight excluding hydrogens is 421 g/mol. The first-order valence-corrected chi connectivity index (χ1v) is 9.79. The first-order chi connectivity index (χ1) is 14.5. The van der Waals surface area contributed by atoms with Crippen molar-refractivity contribution in [2.75, 3.05) is 10.7 Å². The minimum atomic E-state index is -0.505. The monoisotopic (exact) mass is 435 g/mol. The van der Waals surface area contributed by atoms with Crippen LogP contribution in [0, 0.1) is 0 Å². The Morgan fingerprint density at radius 1 is 0.900 bits per heavy atom. The molecule has 0 radical (unpaired) electrons. The van der Waals surface area contributed by atoms with Crippen LogP contribution >= 0.6 is 23.2 Å². The second-order valence-electron chi connectivity index (χ2n) is 6.49. The molecule has 0 fully saturated rings. The topological polar surface area (TPSA) is 70.6 Å². The van der Waals surface area contributed by atoms with Gasteiger partial charge in [0.1, 0.15) is 5.71 Å². The van der Waals surface area contributed by atoms with E-state index in [9.17, 15) is 9.59 Å². The van der Waals surface area contributed by atoms with E-state index in [2.05, 4.69) is 15.8 Å². The standard InChI is InChI=1S/C23H15Cl2N3O2/c24-15-10-11-19(25)20(13-15)27-28-21-17-9-5-4-6-14(17)12-18(22(21)29)23(30)26-16-7-2-1-3-8-16/h1-13,27H,(H,26,30)/b28-21+. The largest absolute Gasteiger partial charge is 0.322 e. The van der Waals surface area contributed by atoms with E-state index in [1.54, 1.807) is 60.7 Å². The average Bonchev–Trinajstić information content (AvgIpc) is 2.75. The molecule has 3 aromatic rings. The van der Waals surface area contributed by atoms with Gasteiger partial charge in [0.15, 0.2) is 0 Å². The van der Waals surface area contributed by atoms with Crippen molar-refractivity contribution in [2.45, 2.75) is 0 Å². The van der Waals surface area contributed by atoms with Gasteiger partial charge in [-0.25, -0.2) is 0 Å². The minimum Gasteiger partial charge on any atom is -0.322 e. The smallest absolute Gasteiger partial charge is 0.259 e. The number of benzene rings is 3. The Balaban J connectivity index is 1.69. The van der Waals surface area contributed by atoms with Crippen LogP contribution in [0.4, 0.5) is 11.4 Å². The number of fused-ring (bicyclic) bond motifs is 1. The molecule has 0 saturated heterocycles. The summed E-state index contributed by atoms with van der Waals surface area (Å²) in [6.45, 7) is 0. The Labute approximate surface area is 183 Å². The Morgan fingerprint density at radius 2 is 1.63 bits per heavy atom. The molecule has 0 spiro atoms. The van der Waals surface area contributed by atoms with Crippen LogP contribution in [-0.2, 0) is 9.59 Å². The van der Waals surface area contributed by atoms with Crippen molar-refractivity contribution in [3.8, 4) is 0 Å². The number of nitrogens with one attached hydrogen (secondary N) is 2. The second-order valence-corrected chi connectivity index (χ2v) is 7.33. The first kappa shape index (κ1) is 19.9. The summed E-state index contributed by atoms with van der Waals surface area (Å²) in [5, 5.41) is 7.89. The lowest BCUT2D eigenvalue weighted by molar-refractivity contribution is -0.116. The number of halogens is 2. The maximum atomic E-state index is 13.1. The molecule has 1 amide bonds. The summed E-state index contributed by atoms with van der Waals surface area (Å²) in [6, 6.07) is 21.0. The highest BCUT2D eigenvalue weighted by molar-refractivity contribution is 6.59. The lowest BCUT2D eigenvalue weighted by Crippen LogP contribution is -2.30. The number of anilines is 2. The van der Waals surface area contributed by atoms with Gasteiger partial charge in [-0.15, -0.1) is 0 Å². The molecule has 0 atom stereocenters. The van der Waals surface area contributed by atoms with Gasteiger partial charge in [0.25, 0.3) is 5.91 Å². The number of hydrazone groups is 1. The van der Waals surface area contributed by atoms with Gasteiger partial charge in [-0.1, -0.05) is 65.7 Å². The molecule has 0 aromatic heterocycles. The Morgan fingerprint density at radius 3 is 2.43 bits per heavy atom. The molecule has 2 N–H and O–H groups in total. The third-order valence-electron chi connectivity index (χ3n) is 4.47. The Kier molecular flexibility index (Phi) is 5.65. The molecule has 0 heterocycles. The van der Waals surface area contributed by atoms with Gasteiger partial charge in [0.05, 0.1) is 16.3 Å². The molecule has 148 valence electrons. The highest BCUT2D eigenvalue weighted by Crippen LogP contribution is 2.27. The van der Waals surface area contributed by atoms with Gasteiger partial charge in [-0.05, 0) is 42.0 Å². The normalized spacial score (nSPS) is 14.1. The first-order valence-electron chi connectivity index (χ1n) is 9.04. The van der Waals surface area contributed by atoms with E-state index in [0.29, 0.717) is 32.5 Å². The zero-order valence-electron chi connectivity index (χ0n) is 15.5. The summed E-state index contributed by atoms with van der Waals surface area (Å²) in [6.07, 6.45) is 1.57. The van der Waals surface area contributed by atoms with Gasteiger partial charge in [-0.2, -0.15) is 5.10 Å². The van der Waals surface area contributed by atoms with Crippen molar-refractivity contribution < 1.29 is 9.59 Å². The van der Waals surface area contributed by atoms with E-state index in [4.69, 9.17) is 23.2 Å². The fourth-order valence-corrected chi connectivity index (χ4v) is 3.34. The number of hydrogen-bond acceptors (Lipinski definition) is 4. The van der Waals surface area contributed by atoms with Crippen molar-refractivity contribution >= 4 is 58.1 Å². The van der Waals surface area contributed by atoms with Crippen LogP contribution in [0.25, 0.3) is 6.08 Å². The van der Waals surface area contributed by atoms with Crippen molar-refractivity contribution in [3.05, 3.63) is 99.5 Å². The number of para-hydroxylation sites is 1. The molecule has 5 nitrogen and oxygen atoms in total. The quantitative estimate of drug-likeness (QED) is 0.424. The molecule has 30 heavy (non-hydrogen) atoms. The van der Waals surface area contributed by atoms with Crippen LogP contribution in [0.1, 0.15) is 11.1 Å².